The van der Waals surface area contributed by atoms with Crippen molar-refractivity contribution in [1.82, 2.24) is 9.55 Å². The summed E-state index contributed by atoms with van der Waals surface area (Å²) in [7, 11) is 1.92. The summed E-state index contributed by atoms with van der Waals surface area (Å²) in [6.45, 7) is 0. The van der Waals surface area contributed by atoms with Crippen LogP contribution in [0.5, 0.6) is 5.75 Å². The molecule has 1 aromatic heterocycles. The number of rotatable bonds is 2. The lowest BCUT2D eigenvalue weighted by Gasteiger charge is -2.04. The molecule has 0 saturated carbocycles. The highest BCUT2D eigenvalue weighted by molar-refractivity contribution is 5.75. The molecule has 0 aliphatic heterocycles. The zero-order valence-electron chi connectivity index (χ0n) is 10.5. The summed E-state index contributed by atoms with van der Waals surface area (Å²) < 4.78 is 15.7. The molecule has 4 heteroatoms. The molecular weight excluding hydrogens is 243 g/mol. The van der Waals surface area contributed by atoms with Gasteiger partial charge in [-0.25, -0.2) is 9.37 Å². The number of aromatic hydroxyl groups is 1. The van der Waals surface area contributed by atoms with E-state index in [-0.39, 0.29) is 5.75 Å². The third-order valence-corrected chi connectivity index (χ3v) is 3.26. The number of aryl methyl sites for hydroxylation is 1. The van der Waals surface area contributed by atoms with Crippen LogP contribution in [-0.4, -0.2) is 14.7 Å². The summed E-state index contributed by atoms with van der Waals surface area (Å²) in [6, 6.07) is 12.0. The van der Waals surface area contributed by atoms with Crippen molar-refractivity contribution in [2.45, 2.75) is 6.42 Å². The quantitative estimate of drug-likeness (QED) is 0.765. The topological polar surface area (TPSA) is 38.0 Å². The number of benzene rings is 2. The van der Waals surface area contributed by atoms with Crippen LogP contribution in [0.1, 0.15) is 11.4 Å². The Kier molecular flexibility index (Phi) is 2.71. The van der Waals surface area contributed by atoms with Crippen molar-refractivity contribution in [3.05, 3.63) is 59.7 Å². The molecule has 0 unspecified atom stereocenters. The summed E-state index contributed by atoms with van der Waals surface area (Å²) >= 11 is 0. The first-order valence-corrected chi connectivity index (χ1v) is 6.03. The van der Waals surface area contributed by atoms with E-state index in [9.17, 15) is 9.50 Å². The number of halogens is 1. The van der Waals surface area contributed by atoms with E-state index in [1.54, 1.807) is 6.07 Å². The maximum Gasteiger partial charge on any atom is 0.130 e. The Morgan fingerprint density at radius 1 is 1.21 bits per heavy atom. The van der Waals surface area contributed by atoms with Gasteiger partial charge in [0.25, 0.3) is 0 Å². The van der Waals surface area contributed by atoms with Crippen LogP contribution in [-0.2, 0) is 13.5 Å². The van der Waals surface area contributed by atoms with Crippen LogP contribution < -0.4 is 0 Å². The predicted octanol–water partition coefficient (Wildman–Crippen LogP) is 3.01. The van der Waals surface area contributed by atoms with Crippen LogP contribution in [0.2, 0.25) is 0 Å². The Balaban J connectivity index is 2.03. The molecular formula is C15H13FN2O. The number of para-hydroxylation sites is 2. The minimum Gasteiger partial charge on any atom is -0.508 e. The second-order valence-electron chi connectivity index (χ2n) is 4.53. The molecule has 3 nitrogen and oxygen atoms in total. The van der Waals surface area contributed by atoms with E-state index < -0.39 is 5.82 Å². The van der Waals surface area contributed by atoms with E-state index in [0.29, 0.717) is 12.0 Å². The molecule has 1 N–H and O–H groups in total. The Morgan fingerprint density at radius 2 is 2.00 bits per heavy atom. The monoisotopic (exact) mass is 256 g/mol. The number of fused-ring (bicyclic) bond motifs is 1. The summed E-state index contributed by atoms with van der Waals surface area (Å²) in [5.41, 5.74) is 2.45. The molecule has 0 aliphatic rings. The Morgan fingerprint density at radius 3 is 2.74 bits per heavy atom. The molecule has 0 radical (unpaired) electrons. The standard InChI is InChI=1S/C15H13FN2O/c1-18-14-5-3-2-4-13(14)17-15(18)8-10-6-7-11(19)9-12(10)16/h2-7,9,19H,8H2,1H3. The number of phenols is 1. The zero-order chi connectivity index (χ0) is 13.4. The van der Waals surface area contributed by atoms with Gasteiger partial charge in [-0.1, -0.05) is 18.2 Å². The zero-order valence-corrected chi connectivity index (χ0v) is 10.5. The van der Waals surface area contributed by atoms with E-state index in [1.165, 1.54) is 6.07 Å². The number of phenolic OH excluding ortho intramolecular Hbond substituents is 1. The van der Waals surface area contributed by atoms with Gasteiger partial charge < -0.3 is 9.67 Å². The molecule has 0 amide bonds. The highest BCUT2D eigenvalue weighted by Gasteiger charge is 2.10. The molecule has 0 aliphatic carbocycles. The van der Waals surface area contributed by atoms with Crippen molar-refractivity contribution in [2.75, 3.05) is 0 Å². The van der Waals surface area contributed by atoms with Crippen molar-refractivity contribution in [3.63, 3.8) is 0 Å². The van der Waals surface area contributed by atoms with Crippen LogP contribution in [0.15, 0.2) is 42.5 Å². The highest BCUT2D eigenvalue weighted by Crippen LogP contribution is 2.20. The second kappa shape index (κ2) is 4.39. The smallest absolute Gasteiger partial charge is 0.130 e. The van der Waals surface area contributed by atoms with Gasteiger partial charge in [-0.05, 0) is 23.8 Å². The van der Waals surface area contributed by atoms with Gasteiger partial charge in [0, 0.05) is 19.5 Å². The maximum atomic E-state index is 13.7. The minimum atomic E-state index is -0.410. The lowest BCUT2D eigenvalue weighted by atomic mass is 10.1. The van der Waals surface area contributed by atoms with Crippen molar-refractivity contribution >= 4 is 11.0 Å². The minimum absolute atomic E-state index is 0.0637. The van der Waals surface area contributed by atoms with E-state index in [4.69, 9.17) is 0 Å². The van der Waals surface area contributed by atoms with E-state index in [2.05, 4.69) is 4.98 Å². The van der Waals surface area contributed by atoms with Crippen molar-refractivity contribution in [2.24, 2.45) is 7.05 Å². The molecule has 3 rings (SSSR count). The molecule has 0 saturated heterocycles. The van der Waals surface area contributed by atoms with E-state index >= 15 is 0 Å². The van der Waals surface area contributed by atoms with Crippen molar-refractivity contribution < 1.29 is 9.50 Å². The Labute approximate surface area is 109 Å². The SMILES string of the molecule is Cn1c(Cc2ccc(O)cc2F)nc2ccccc21. The third kappa shape index (κ3) is 2.05. The molecule has 1 heterocycles. The van der Waals surface area contributed by atoms with Gasteiger partial charge in [0.2, 0.25) is 0 Å². The summed E-state index contributed by atoms with van der Waals surface area (Å²) in [5.74, 6) is 0.323. The van der Waals surface area contributed by atoms with Crippen molar-refractivity contribution in [3.8, 4) is 5.75 Å². The number of hydrogen-bond donors (Lipinski definition) is 1. The second-order valence-corrected chi connectivity index (χ2v) is 4.53. The number of nitrogens with zero attached hydrogens (tertiary/aromatic N) is 2. The number of imidazole rings is 1. The average molecular weight is 256 g/mol. The summed E-state index contributed by atoms with van der Waals surface area (Å²) in [4.78, 5) is 4.50. The first-order chi connectivity index (χ1) is 9.15. The first kappa shape index (κ1) is 11.7. The maximum absolute atomic E-state index is 13.7. The van der Waals surface area contributed by atoms with Gasteiger partial charge in [-0.3, -0.25) is 0 Å². The van der Waals surface area contributed by atoms with Crippen LogP contribution in [0, 0.1) is 5.82 Å². The van der Waals surface area contributed by atoms with Gasteiger partial charge in [0.05, 0.1) is 11.0 Å². The van der Waals surface area contributed by atoms with E-state index in [1.807, 2.05) is 35.9 Å². The van der Waals surface area contributed by atoms with Gasteiger partial charge in [-0.15, -0.1) is 0 Å². The molecule has 0 bridgehead atoms. The normalized spacial score (nSPS) is 11.1. The average Bonchev–Trinajstić information content (AvgIpc) is 2.70. The Hall–Kier alpha value is -2.36. The van der Waals surface area contributed by atoms with Gasteiger partial charge in [0.1, 0.15) is 17.4 Å². The van der Waals surface area contributed by atoms with Crippen LogP contribution in [0.4, 0.5) is 4.39 Å². The summed E-state index contributed by atoms with van der Waals surface area (Å²) in [6.07, 6.45) is 0.400. The Bertz CT molecular complexity index is 749. The highest BCUT2D eigenvalue weighted by atomic mass is 19.1. The molecule has 2 aromatic carbocycles. The molecule has 0 fully saturated rings. The predicted molar refractivity (Wildman–Crippen MR) is 71.6 cm³/mol. The van der Waals surface area contributed by atoms with Crippen LogP contribution >= 0.6 is 0 Å². The van der Waals surface area contributed by atoms with Crippen LogP contribution in [0.25, 0.3) is 11.0 Å². The van der Waals surface area contributed by atoms with Gasteiger partial charge in [0.15, 0.2) is 0 Å². The lowest BCUT2D eigenvalue weighted by Crippen LogP contribution is -2.00. The third-order valence-electron chi connectivity index (χ3n) is 3.26. The largest absolute Gasteiger partial charge is 0.508 e. The molecule has 0 atom stereocenters. The fourth-order valence-corrected chi connectivity index (χ4v) is 2.20. The first-order valence-electron chi connectivity index (χ1n) is 6.03. The molecule has 3 aromatic rings. The van der Waals surface area contributed by atoms with Gasteiger partial charge >= 0.3 is 0 Å². The van der Waals surface area contributed by atoms with Crippen LogP contribution in [0.3, 0.4) is 0 Å². The van der Waals surface area contributed by atoms with Gasteiger partial charge in [-0.2, -0.15) is 0 Å². The lowest BCUT2D eigenvalue weighted by molar-refractivity contribution is 0.468. The fourth-order valence-electron chi connectivity index (χ4n) is 2.20. The fraction of sp³-hybridized carbons (Fsp3) is 0.133. The van der Waals surface area contributed by atoms with Crippen molar-refractivity contribution in [1.29, 1.82) is 0 Å². The van der Waals surface area contributed by atoms with E-state index in [0.717, 1.165) is 22.9 Å². The number of hydrogen-bond acceptors (Lipinski definition) is 2. The molecule has 0 spiro atoms. The molecule has 96 valence electrons. The summed E-state index contributed by atoms with van der Waals surface area (Å²) in [5, 5.41) is 9.21. The molecule has 19 heavy (non-hydrogen) atoms. The number of aromatic nitrogens is 2.